The van der Waals surface area contributed by atoms with Crippen molar-refractivity contribution in [3.8, 4) is 0 Å². The number of hydrogen-bond acceptors (Lipinski definition) is 3. The minimum atomic E-state index is -2.45. The van der Waals surface area contributed by atoms with E-state index in [-0.39, 0.29) is 31.0 Å². The molecule has 0 rings (SSSR count). The van der Waals surface area contributed by atoms with Crippen molar-refractivity contribution in [2.75, 3.05) is 12.4 Å². The molecule has 0 radical (unpaired) electrons. The summed E-state index contributed by atoms with van der Waals surface area (Å²) in [5.74, 6) is 2.07. The fourth-order valence-corrected chi connectivity index (χ4v) is 3.69. The molecule has 0 saturated carbocycles. The average molecular weight is 347 g/mol. The third-order valence-corrected chi connectivity index (χ3v) is 5.47. The van der Waals surface area contributed by atoms with Crippen LogP contribution in [0.4, 0.5) is 0 Å². The molecular weight excluding hydrogens is 311 g/mol. The van der Waals surface area contributed by atoms with E-state index in [9.17, 15) is 4.21 Å². The van der Waals surface area contributed by atoms with Gasteiger partial charge in [0.25, 0.3) is 0 Å². The maximum Gasteiger partial charge on any atom is 1.00 e. The molecule has 0 spiro atoms. The summed E-state index contributed by atoms with van der Waals surface area (Å²) in [6, 6.07) is 0. The average Bonchev–Trinajstić information content (AvgIpc) is 2.32. The quantitative estimate of drug-likeness (QED) is 0.378. The van der Waals surface area contributed by atoms with Gasteiger partial charge < -0.3 is 1.43 Å². The molecule has 0 aliphatic heterocycles. The van der Waals surface area contributed by atoms with Gasteiger partial charge in [0.1, 0.15) is 8.77 Å². The van der Waals surface area contributed by atoms with Gasteiger partial charge in [-0.2, -0.15) is 0 Å². The normalized spacial score (nSPS) is 14.2. The second-order valence-corrected chi connectivity index (χ2v) is 9.85. The summed E-state index contributed by atoms with van der Waals surface area (Å²) in [6.45, 7) is 9.52. The predicted octanol–water partition coefficient (Wildman–Crippen LogP) is 2.21. The van der Waals surface area contributed by atoms with Gasteiger partial charge >= 0.3 is 29.6 Å². The molecule has 0 aromatic rings. The van der Waals surface area contributed by atoms with Crippen LogP contribution in [0.3, 0.4) is 0 Å². The summed E-state index contributed by atoms with van der Waals surface area (Å²) >= 11 is 5.07. The van der Waals surface area contributed by atoms with E-state index in [0.717, 1.165) is 37.5 Å². The van der Waals surface area contributed by atoms with E-state index in [2.05, 4.69) is 27.7 Å². The maximum atomic E-state index is 12.0. The summed E-state index contributed by atoms with van der Waals surface area (Å²) in [5.41, 5.74) is 0. The molecule has 0 aromatic heterocycles. The van der Waals surface area contributed by atoms with Gasteiger partial charge in [0.15, 0.2) is 0 Å². The Kier molecular flexibility index (Phi) is 17.4. The van der Waals surface area contributed by atoms with Crippen molar-refractivity contribution in [2.45, 2.75) is 79.1 Å². The first-order valence-electron chi connectivity index (χ1n) is 8.20. The van der Waals surface area contributed by atoms with Gasteiger partial charge in [0.2, 0.25) is 0 Å². The van der Waals surface area contributed by atoms with E-state index < -0.39 is 8.77 Å². The molecule has 0 amide bonds. The second-order valence-electron chi connectivity index (χ2n) is 6.57. The summed E-state index contributed by atoms with van der Waals surface area (Å²) in [6.07, 6.45) is 9.12. The monoisotopic (exact) mass is 346 g/mol. The molecule has 0 aliphatic carbocycles. The van der Waals surface area contributed by atoms with Crippen molar-refractivity contribution in [1.29, 1.82) is 0 Å². The molecule has 0 heterocycles. The minimum Gasteiger partial charge on any atom is -1.00 e. The van der Waals surface area contributed by atoms with E-state index in [0.29, 0.717) is 12.4 Å². The largest absolute Gasteiger partial charge is 1.00 e. The van der Waals surface area contributed by atoms with Gasteiger partial charge in [0, 0.05) is 11.2 Å². The summed E-state index contributed by atoms with van der Waals surface area (Å²) in [4.78, 5) is 0. The van der Waals surface area contributed by atoms with Crippen LogP contribution in [0.1, 0.15) is 80.5 Å². The van der Waals surface area contributed by atoms with Crippen LogP contribution in [0.5, 0.6) is 0 Å². The molecule has 1 unspecified atom stereocenters. The van der Waals surface area contributed by atoms with E-state index in [1.807, 2.05) is 0 Å². The van der Waals surface area contributed by atoms with Gasteiger partial charge in [0.05, 0.1) is 12.4 Å². The Morgan fingerprint density at radius 1 is 0.905 bits per heavy atom. The van der Waals surface area contributed by atoms with E-state index >= 15 is 0 Å². The molecule has 2 nitrogen and oxygen atoms in total. The third-order valence-electron chi connectivity index (χ3n) is 3.36. The zero-order valence-electron chi connectivity index (χ0n) is 15.9. The maximum absolute atomic E-state index is 12.0. The molecule has 1 atom stereocenters. The minimum absolute atomic E-state index is 0. The van der Waals surface area contributed by atoms with Gasteiger partial charge in [-0.3, -0.25) is 4.18 Å². The summed E-state index contributed by atoms with van der Waals surface area (Å²) in [7, 11) is -2.45. The Labute approximate surface area is 161 Å². The molecular formula is C16H35NaO2S2. The van der Waals surface area contributed by atoms with Crippen LogP contribution in [-0.2, 0) is 24.1 Å². The molecule has 0 saturated heterocycles. The van der Waals surface area contributed by atoms with Crippen LogP contribution < -0.4 is 29.6 Å². The Morgan fingerprint density at radius 3 is 1.86 bits per heavy atom. The SMILES string of the molecule is CC(C)CCCCCOS(=O)(=S)CCCCCC(C)C.[H-].[Na+]. The number of rotatable bonds is 13. The Bertz CT molecular complexity index is 320. The van der Waals surface area contributed by atoms with Gasteiger partial charge in [-0.1, -0.05) is 66.2 Å². The second kappa shape index (κ2) is 14.9. The Hall–Kier alpha value is 1.33. The van der Waals surface area contributed by atoms with Gasteiger partial charge in [-0.05, 0) is 24.7 Å². The fourth-order valence-electron chi connectivity index (χ4n) is 2.08. The molecule has 0 fully saturated rings. The van der Waals surface area contributed by atoms with E-state index in [4.69, 9.17) is 15.4 Å². The van der Waals surface area contributed by atoms with Crippen LogP contribution in [0.25, 0.3) is 0 Å². The first-order chi connectivity index (χ1) is 9.33. The summed E-state index contributed by atoms with van der Waals surface area (Å²) in [5, 5.41) is 0. The van der Waals surface area contributed by atoms with Crippen LogP contribution in [-0.4, -0.2) is 16.6 Å². The Morgan fingerprint density at radius 2 is 1.38 bits per heavy atom. The van der Waals surface area contributed by atoms with Gasteiger partial charge in [-0.25, -0.2) is 4.21 Å². The summed E-state index contributed by atoms with van der Waals surface area (Å²) < 4.78 is 17.4. The zero-order valence-corrected chi connectivity index (χ0v) is 18.5. The fraction of sp³-hybridized carbons (Fsp3) is 1.00. The first kappa shape index (κ1) is 24.6. The van der Waals surface area contributed by atoms with Crippen molar-refractivity contribution >= 4 is 20.0 Å². The molecule has 5 heteroatoms. The van der Waals surface area contributed by atoms with Crippen molar-refractivity contribution in [3.05, 3.63) is 0 Å². The molecule has 0 aromatic carbocycles. The first-order valence-corrected chi connectivity index (χ1v) is 10.8. The molecule has 0 bridgehead atoms. The smallest absolute Gasteiger partial charge is 1.00 e. The number of hydrogen-bond donors (Lipinski definition) is 0. The predicted molar refractivity (Wildman–Crippen MR) is 94.1 cm³/mol. The number of unbranched alkanes of at least 4 members (excludes halogenated alkanes) is 4. The van der Waals surface area contributed by atoms with Crippen molar-refractivity contribution in [3.63, 3.8) is 0 Å². The van der Waals surface area contributed by atoms with Crippen LogP contribution in [0.15, 0.2) is 0 Å². The molecule has 21 heavy (non-hydrogen) atoms. The van der Waals surface area contributed by atoms with Crippen molar-refractivity contribution in [2.24, 2.45) is 11.8 Å². The topological polar surface area (TPSA) is 26.3 Å². The Balaban J connectivity index is -0.00000180. The zero-order chi connectivity index (χ0) is 15.4. The molecule has 124 valence electrons. The van der Waals surface area contributed by atoms with Crippen molar-refractivity contribution in [1.82, 2.24) is 0 Å². The van der Waals surface area contributed by atoms with E-state index in [1.165, 1.54) is 25.7 Å². The molecule has 0 N–H and O–H groups in total. The van der Waals surface area contributed by atoms with Crippen molar-refractivity contribution < 1.29 is 39.4 Å². The van der Waals surface area contributed by atoms with Crippen LogP contribution in [0, 0.1) is 11.8 Å². The van der Waals surface area contributed by atoms with E-state index in [1.54, 1.807) is 0 Å². The van der Waals surface area contributed by atoms with Crippen LogP contribution >= 0.6 is 0 Å². The standard InChI is InChI=1S/C16H34O2S2.Na.H/c1-15(2)11-7-5-9-13-18-20(17,19)14-10-6-8-12-16(3)4;;/h15-16H,5-14H2,1-4H3;;/q;+1;-1. The third kappa shape index (κ3) is 19.3. The molecule has 0 aliphatic rings. The van der Waals surface area contributed by atoms with Crippen LogP contribution in [0.2, 0.25) is 0 Å². The van der Waals surface area contributed by atoms with Gasteiger partial charge in [-0.15, -0.1) is 0 Å².